The zero-order chi connectivity index (χ0) is 18.8. The zero-order valence-electron chi connectivity index (χ0n) is 15.3. The van der Waals surface area contributed by atoms with E-state index in [1.54, 1.807) is 10.9 Å². The van der Waals surface area contributed by atoms with Crippen molar-refractivity contribution >= 4 is 27.5 Å². The number of rotatable bonds is 5. The van der Waals surface area contributed by atoms with E-state index >= 15 is 0 Å². The van der Waals surface area contributed by atoms with Crippen LogP contribution in [0.4, 0.5) is 5.69 Å². The molecule has 7 heteroatoms. The second-order valence-corrected chi connectivity index (χ2v) is 7.22. The van der Waals surface area contributed by atoms with Crippen LogP contribution >= 0.6 is 15.9 Å². The van der Waals surface area contributed by atoms with Gasteiger partial charge in [0, 0.05) is 17.6 Å². The van der Waals surface area contributed by atoms with Crippen molar-refractivity contribution in [3.05, 3.63) is 63.6 Å². The van der Waals surface area contributed by atoms with Gasteiger partial charge in [-0.15, -0.1) is 0 Å². The molecule has 3 aromatic rings. The molecule has 26 heavy (non-hydrogen) atoms. The van der Waals surface area contributed by atoms with Crippen LogP contribution in [0.5, 0.6) is 0 Å². The molecule has 0 aliphatic carbocycles. The van der Waals surface area contributed by atoms with Crippen molar-refractivity contribution in [3.8, 4) is 0 Å². The first-order valence-corrected chi connectivity index (χ1v) is 9.25. The summed E-state index contributed by atoms with van der Waals surface area (Å²) in [6.45, 7) is 8.43. The molecule has 1 N–H and O–H groups in total. The van der Waals surface area contributed by atoms with E-state index in [1.807, 2.05) is 62.7 Å². The predicted octanol–water partition coefficient (Wildman–Crippen LogP) is 4.02. The molecule has 0 spiro atoms. The number of aromatic nitrogens is 4. The highest BCUT2D eigenvalue weighted by atomic mass is 79.9. The van der Waals surface area contributed by atoms with Gasteiger partial charge in [0.15, 0.2) is 0 Å². The Balaban J connectivity index is 1.74. The summed E-state index contributed by atoms with van der Waals surface area (Å²) in [5.41, 5.74) is 4.85. The van der Waals surface area contributed by atoms with Gasteiger partial charge in [0.1, 0.15) is 6.04 Å². The van der Waals surface area contributed by atoms with Gasteiger partial charge >= 0.3 is 0 Å². The maximum absolute atomic E-state index is 12.5. The Labute approximate surface area is 161 Å². The van der Waals surface area contributed by atoms with Gasteiger partial charge in [-0.05, 0) is 67.4 Å². The van der Waals surface area contributed by atoms with Crippen LogP contribution in [0.1, 0.15) is 35.6 Å². The first-order valence-electron chi connectivity index (χ1n) is 8.46. The number of carbonyl (C=O) groups is 1. The van der Waals surface area contributed by atoms with Gasteiger partial charge in [0.2, 0.25) is 5.91 Å². The molecule has 1 unspecified atom stereocenters. The van der Waals surface area contributed by atoms with E-state index in [9.17, 15) is 4.79 Å². The highest BCUT2D eigenvalue weighted by Gasteiger charge is 2.17. The molecule has 0 fully saturated rings. The highest BCUT2D eigenvalue weighted by Crippen LogP contribution is 2.21. The number of halogens is 1. The Kier molecular flexibility index (Phi) is 5.27. The maximum atomic E-state index is 12.5. The SMILES string of the molecule is Cc1nn(Cc2cccc(NC(=O)C(C)n3nccc3C)c2)c(C)c1Br. The molecule has 136 valence electrons. The van der Waals surface area contributed by atoms with Crippen molar-refractivity contribution < 1.29 is 4.79 Å². The molecule has 2 aromatic heterocycles. The van der Waals surface area contributed by atoms with Gasteiger partial charge in [0.25, 0.3) is 0 Å². The molecule has 6 nitrogen and oxygen atoms in total. The van der Waals surface area contributed by atoms with E-state index in [-0.39, 0.29) is 11.9 Å². The molecule has 0 saturated carbocycles. The number of benzene rings is 1. The fraction of sp³-hybridized carbons (Fsp3) is 0.316. The summed E-state index contributed by atoms with van der Waals surface area (Å²) < 4.78 is 4.70. The topological polar surface area (TPSA) is 64.7 Å². The number of hydrogen-bond donors (Lipinski definition) is 1. The van der Waals surface area contributed by atoms with E-state index in [4.69, 9.17) is 0 Å². The van der Waals surface area contributed by atoms with E-state index < -0.39 is 0 Å². The third kappa shape index (κ3) is 3.72. The van der Waals surface area contributed by atoms with Gasteiger partial charge in [-0.25, -0.2) is 0 Å². The molecule has 3 rings (SSSR count). The Morgan fingerprint density at radius 1 is 1.27 bits per heavy atom. The van der Waals surface area contributed by atoms with Crippen molar-refractivity contribution in [1.82, 2.24) is 19.6 Å². The highest BCUT2D eigenvalue weighted by molar-refractivity contribution is 9.10. The van der Waals surface area contributed by atoms with E-state index in [0.717, 1.165) is 32.8 Å². The normalized spacial score (nSPS) is 12.2. The molecular formula is C19H22BrN5O. The number of hydrogen-bond acceptors (Lipinski definition) is 3. The van der Waals surface area contributed by atoms with Gasteiger partial charge in [-0.1, -0.05) is 12.1 Å². The van der Waals surface area contributed by atoms with Gasteiger partial charge < -0.3 is 5.32 Å². The average Bonchev–Trinajstić information content (AvgIpc) is 3.14. The molecular weight excluding hydrogens is 394 g/mol. The molecule has 1 atom stereocenters. The van der Waals surface area contributed by atoms with Crippen molar-refractivity contribution in [1.29, 1.82) is 0 Å². The maximum Gasteiger partial charge on any atom is 0.248 e. The van der Waals surface area contributed by atoms with Crippen LogP contribution in [0.15, 0.2) is 41.0 Å². The van der Waals surface area contributed by atoms with Gasteiger partial charge in [-0.2, -0.15) is 10.2 Å². The van der Waals surface area contributed by atoms with Crippen LogP contribution in [0, 0.1) is 20.8 Å². The minimum Gasteiger partial charge on any atom is -0.324 e. The fourth-order valence-corrected chi connectivity index (χ4v) is 3.18. The summed E-state index contributed by atoms with van der Waals surface area (Å²) in [5.74, 6) is -0.0946. The van der Waals surface area contributed by atoms with Crippen molar-refractivity contribution in [2.24, 2.45) is 0 Å². The fourth-order valence-electron chi connectivity index (χ4n) is 2.89. The summed E-state index contributed by atoms with van der Waals surface area (Å²) >= 11 is 3.55. The number of amides is 1. The lowest BCUT2D eigenvalue weighted by Gasteiger charge is -2.15. The molecule has 1 aromatic carbocycles. The van der Waals surface area contributed by atoms with E-state index in [2.05, 4.69) is 31.4 Å². The second-order valence-electron chi connectivity index (χ2n) is 6.43. The Hall–Kier alpha value is -2.41. The lowest BCUT2D eigenvalue weighted by Crippen LogP contribution is -2.25. The van der Waals surface area contributed by atoms with Crippen LogP contribution in [0.2, 0.25) is 0 Å². The van der Waals surface area contributed by atoms with Crippen LogP contribution in [-0.2, 0) is 11.3 Å². The summed E-state index contributed by atoms with van der Waals surface area (Å²) in [6, 6.07) is 9.35. The first-order chi connectivity index (χ1) is 12.4. The molecule has 0 radical (unpaired) electrons. The minimum atomic E-state index is -0.374. The Bertz CT molecular complexity index is 943. The van der Waals surface area contributed by atoms with Gasteiger partial charge in [0.05, 0.1) is 22.4 Å². The molecule has 0 bridgehead atoms. The summed E-state index contributed by atoms with van der Waals surface area (Å²) in [4.78, 5) is 12.5. The number of aryl methyl sites for hydroxylation is 2. The minimum absolute atomic E-state index is 0.0946. The third-order valence-corrected chi connectivity index (χ3v) is 5.58. The van der Waals surface area contributed by atoms with Crippen LogP contribution in [0.25, 0.3) is 0 Å². The summed E-state index contributed by atoms with van der Waals surface area (Å²) in [7, 11) is 0. The van der Waals surface area contributed by atoms with E-state index in [0.29, 0.717) is 6.54 Å². The smallest absolute Gasteiger partial charge is 0.248 e. The lowest BCUT2D eigenvalue weighted by atomic mass is 10.2. The zero-order valence-corrected chi connectivity index (χ0v) is 16.9. The quantitative estimate of drug-likeness (QED) is 0.684. The Morgan fingerprint density at radius 2 is 2.04 bits per heavy atom. The Morgan fingerprint density at radius 3 is 2.65 bits per heavy atom. The van der Waals surface area contributed by atoms with Crippen LogP contribution < -0.4 is 5.32 Å². The third-order valence-electron chi connectivity index (χ3n) is 4.43. The largest absolute Gasteiger partial charge is 0.324 e. The predicted molar refractivity (Wildman–Crippen MR) is 105 cm³/mol. The monoisotopic (exact) mass is 415 g/mol. The first kappa shape index (κ1) is 18.4. The lowest BCUT2D eigenvalue weighted by molar-refractivity contribution is -0.119. The van der Waals surface area contributed by atoms with E-state index in [1.165, 1.54) is 0 Å². The standard InChI is InChI=1S/C19H22BrN5O/c1-12-8-9-21-25(12)15(4)19(26)22-17-7-5-6-16(10-17)11-24-14(3)18(20)13(2)23-24/h5-10,15H,11H2,1-4H3,(H,22,26). The number of carbonyl (C=O) groups excluding carboxylic acids is 1. The van der Waals surface area contributed by atoms with Gasteiger partial charge in [-0.3, -0.25) is 14.2 Å². The van der Waals surface area contributed by atoms with Crippen molar-refractivity contribution in [3.63, 3.8) is 0 Å². The average molecular weight is 416 g/mol. The number of anilines is 1. The van der Waals surface area contributed by atoms with Crippen LogP contribution in [-0.4, -0.2) is 25.5 Å². The molecule has 1 amide bonds. The van der Waals surface area contributed by atoms with Crippen molar-refractivity contribution in [2.45, 2.75) is 40.3 Å². The molecule has 0 saturated heterocycles. The number of nitrogens with zero attached hydrogens (tertiary/aromatic N) is 4. The molecule has 2 heterocycles. The summed E-state index contributed by atoms with van der Waals surface area (Å²) in [5, 5.41) is 11.7. The number of nitrogens with one attached hydrogen (secondary N) is 1. The summed E-state index contributed by atoms with van der Waals surface area (Å²) in [6.07, 6.45) is 1.70. The van der Waals surface area contributed by atoms with Crippen LogP contribution in [0.3, 0.4) is 0 Å². The molecule has 0 aliphatic rings. The molecule has 0 aliphatic heterocycles. The second kappa shape index (κ2) is 7.45. The van der Waals surface area contributed by atoms with Crippen molar-refractivity contribution in [2.75, 3.05) is 5.32 Å².